The Balaban J connectivity index is 1.79. The predicted octanol–water partition coefficient (Wildman–Crippen LogP) is 2.65. The number of alkyl halides is 4. The molecular weight excluding hydrogens is 392 g/mol. The molecule has 1 amide bonds. The normalized spacial score (nSPS) is 19.6. The fourth-order valence-corrected chi connectivity index (χ4v) is 2.68. The first-order valence-electron chi connectivity index (χ1n) is 7.60. The molecule has 1 aliphatic rings. The number of aliphatic hydroxyl groups is 1. The molecule has 0 bridgehead atoms. The number of allylic oxidation sites excluding steroid dienone is 1. The average Bonchev–Trinajstić information content (AvgIpc) is 3.19. The molecule has 0 radical (unpaired) electrons. The Morgan fingerprint density at radius 2 is 1.93 bits per heavy atom. The molecule has 0 fully saturated rings. The molecule has 6 nitrogen and oxygen atoms in total. The smallest absolute Gasteiger partial charge is 0.291 e. The summed E-state index contributed by atoms with van der Waals surface area (Å²) in [7, 11) is 0. The molecule has 2 heterocycles. The highest BCUT2D eigenvalue weighted by atomic mass is 35.5. The van der Waals surface area contributed by atoms with Gasteiger partial charge < -0.3 is 5.11 Å². The van der Waals surface area contributed by atoms with E-state index in [9.17, 15) is 27.5 Å². The summed E-state index contributed by atoms with van der Waals surface area (Å²) in [6.45, 7) is 0.348. The summed E-state index contributed by atoms with van der Waals surface area (Å²) in [6, 6.07) is 5.75. The number of rotatable bonds is 5. The molecule has 0 spiro atoms. The van der Waals surface area contributed by atoms with Crippen molar-refractivity contribution in [3.8, 4) is 0 Å². The van der Waals surface area contributed by atoms with Crippen LogP contribution in [0.15, 0.2) is 48.4 Å². The Bertz CT molecular complexity index is 872. The van der Waals surface area contributed by atoms with Crippen LogP contribution < -0.4 is 5.43 Å². The molecule has 27 heavy (non-hydrogen) atoms. The molecule has 1 aromatic carbocycles. The first kappa shape index (κ1) is 19.2. The van der Waals surface area contributed by atoms with E-state index in [1.807, 2.05) is 5.43 Å². The third kappa shape index (κ3) is 3.76. The zero-order valence-corrected chi connectivity index (χ0v) is 14.2. The van der Waals surface area contributed by atoms with Gasteiger partial charge in [-0.15, -0.1) is 0 Å². The standard InChI is InChI=1S/C16H13ClF4N4O2/c17-11-6-22-24(8-11)7-9-1-3-10(4-2-9)14(26)25-16(27,15(20)21)5-12(23-25)13(18)19/h1-6,8,13,15,23,27H,7H2. The Labute approximate surface area is 155 Å². The molecule has 2 aromatic rings. The first-order valence-corrected chi connectivity index (χ1v) is 7.98. The van der Waals surface area contributed by atoms with Crippen LogP contribution in [0.4, 0.5) is 17.6 Å². The summed E-state index contributed by atoms with van der Waals surface area (Å²) < 4.78 is 53.6. The Morgan fingerprint density at radius 1 is 1.26 bits per heavy atom. The zero-order valence-electron chi connectivity index (χ0n) is 13.5. The SMILES string of the molecule is O=C(c1ccc(Cn2cc(Cl)cn2)cc1)N1NC(C(F)F)=CC1(O)C(F)F. The number of hydrazine groups is 1. The van der Waals surface area contributed by atoms with Gasteiger partial charge in [-0.25, -0.2) is 22.6 Å². The minimum Gasteiger partial charge on any atom is -0.361 e. The van der Waals surface area contributed by atoms with E-state index in [1.165, 1.54) is 18.3 Å². The van der Waals surface area contributed by atoms with Crippen molar-refractivity contribution in [1.82, 2.24) is 20.2 Å². The Morgan fingerprint density at radius 3 is 2.44 bits per heavy atom. The molecule has 1 unspecified atom stereocenters. The lowest BCUT2D eigenvalue weighted by Crippen LogP contribution is -2.56. The molecule has 1 aliphatic heterocycles. The zero-order chi connectivity index (χ0) is 19.8. The fourth-order valence-electron chi connectivity index (χ4n) is 2.52. The van der Waals surface area contributed by atoms with E-state index in [4.69, 9.17) is 11.6 Å². The predicted molar refractivity (Wildman–Crippen MR) is 87.1 cm³/mol. The van der Waals surface area contributed by atoms with Crippen LogP contribution in [-0.2, 0) is 6.54 Å². The van der Waals surface area contributed by atoms with Crippen LogP contribution in [0.25, 0.3) is 0 Å². The third-order valence-electron chi connectivity index (χ3n) is 3.87. The van der Waals surface area contributed by atoms with Gasteiger partial charge in [0.1, 0.15) is 0 Å². The van der Waals surface area contributed by atoms with Crippen molar-refractivity contribution < 1.29 is 27.5 Å². The number of aromatic nitrogens is 2. The van der Waals surface area contributed by atoms with E-state index in [-0.39, 0.29) is 16.6 Å². The second-order valence-corrected chi connectivity index (χ2v) is 6.23. The molecule has 0 saturated carbocycles. The number of hydrogen-bond donors (Lipinski definition) is 2. The van der Waals surface area contributed by atoms with Crippen molar-refractivity contribution in [3.05, 3.63) is 64.6 Å². The Kier molecular flexibility index (Phi) is 5.11. The van der Waals surface area contributed by atoms with Crippen LogP contribution in [0.3, 0.4) is 0 Å². The molecule has 1 aromatic heterocycles. The van der Waals surface area contributed by atoms with Crippen LogP contribution in [0.1, 0.15) is 15.9 Å². The van der Waals surface area contributed by atoms with Crippen LogP contribution in [0.5, 0.6) is 0 Å². The lowest BCUT2D eigenvalue weighted by molar-refractivity contribution is -0.146. The molecule has 0 aliphatic carbocycles. The van der Waals surface area contributed by atoms with Gasteiger partial charge in [-0.1, -0.05) is 23.7 Å². The second kappa shape index (κ2) is 7.20. The lowest BCUT2D eigenvalue weighted by atomic mass is 10.1. The summed E-state index contributed by atoms with van der Waals surface area (Å²) in [6.07, 6.45) is -3.35. The van der Waals surface area contributed by atoms with Crippen LogP contribution in [-0.4, -0.2) is 44.4 Å². The van der Waals surface area contributed by atoms with E-state index in [0.717, 1.165) is 5.56 Å². The molecule has 2 N–H and O–H groups in total. The van der Waals surface area contributed by atoms with Gasteiger partial charge in [-0.3, -0.25) is 14.9 Å². The maximum Gasteiger partial charge on any atom is 0.291 e. The number of benzene rings is 1. The van der Waals surface area contributed by atoms with Gasteiger partial charge in [0.15, 0.2) is 0 Å². The van der Waals surface area contributed by atoms with Crippen molar-refractivity contribution in [1.29, 1.82) is 0 Å². The molecule has 1 atom stereocenters. The number of carbonyl (C=O) groups excluding carboxylic acids is 1. The van der Waals surface area contributed by atoms with Crippen molar-refractivity contribution in [2.24, 2.45) is 0 Å². The van der Waals surface area contributed by atoms with Crippen LogP contribution in [0, 0.1) is 0 Å². The van der Waals surface area contributed by atoms with E-state index in [1.54, 1.807) is 23.0 Å². The highest BCUT2D eigenvalue weighted by molar-refractivity contribution is 6.30. The highest BCUT2D eigenvalue weighted by Crippen LogP contribution is 2.31. The fraction of sp³-hybridized carbons (Fsp3) is 0.250. The number of nitrogens with one attached hydrogen (secondary N) is 1. The van der Waals surface area contributed by atoms with E-state index >= 15 is 0 Å². The van der Waals surface area contributed by atoms with Gasteiger partial charge in [0.2, 0.25) is 5.72 Å². The Hall–Kier alpha value is -2.59. The van der Waals surface area contributed by atoms with Crippen molar-refractivity contribution in [2.45, 2.75) is 25.1 Å². The molecule has 144 valence electrons. The number of amides is 1. The lowest BCUT2D eigenvalue weighted by Gasteiger charge is -2.31. The third-order valence-corrected chi connectivity index (χ3v) is 4.07. The van der Waals surface area contributed by atoms with Crippen molar-refractivity contribution in [3.63, 3.8) is 0 Å². The average molecular weight is 405 g/mol. The number of halogens is 5. The molecular formula is C16H13ClF4N4O2. The number of hydrogen-bond acceptors (Lipinski definition) is 4. The van der Waals surface area contributed by atoms with Gasteiger partial charge in [0.05, 0.1) is 23.5 Å². The quantitative estimate of drug-likeness (QED) is 0.752. The topological polar surface area (TPSA) is 70.4 Å². The van der Waals surface area contributed by atoms with Crippen molar-refractivity contribution in [2.75, 3.05) is 0 Å². The summed E-state index contributed by atoms with van der Waals surface area (Å²) in [5.74, 6) is -1.08. The van der Waals surface area contributed by atoms with Gasteiger partial charge in [-0.2, -0.15) is 5.10 Å². The number of carbonyl (C=O) groups is 1. The van der Waals surface area contributed by atoms with Gasteiger partial charge in [-0.05, 0) is 17.7 Å². The maximum atomic E-state index is 13.2. The second-order valence-electron chi connectivity index (χ2n) is 5.79. The first-order chi connectivity index (χ1) is 12.7. The van der Waals surface area contributed by atoms with Crippen LogP contribution >= 0.6 is 11.6 Å². The maximum absolute atomic E-state index is 13.2. The minimum absolute atomic E-state index is 0.0762. The molecule has 11 heteroatoms. The summed E-state index contributed by atoms with van der Waals surface area (Å²) in [4.78, 5) is 12.5. The van der Waals surface area contributed by atoms with Gasteiger partial charge in [0, 0.05) is 17.8 Å². The van der Waals surface area contributed by atoms with Crippen molar-refractivity contribution >= 4 is 17.5 Å². The summed E-state index contributed by atoms with van der Waals surface area (Å²) >= 11 is 5.77. The molecule has 3 rings (SSSR count). The minimum atomic E-state index is -3.49. The molecule has 0 saturated heterocycles. The monoisotopic (exact) mass is 404 g/mol. The summed E-state index contributed by atoms with van der Waals surface area (Å²) in [5, 5.41) is 14.5. The summed E-state index contributed by atoms with van der Waals surface area (Å²) in [5.41, 5.74) is -1.64. The van der Waals surface area contributed by atoms with E-state index < -0.39 is 30.2 Å². The van der Waals surface area contributed by atoms with Crippen LogP contribution in [0.2, 0.25) is 5.02 Å². The van der Waals surface area contributed by atoms with E-state index in [0.29, 0.717) is 11.6 Å². The van der Waals surface area contributed by atoms with Gasteiger partial charge >= 0.3 is 0 Å². The van der Waals surface area contributed by atoms with E-state index in [2.05, 4.69) is 5.10 Å². The highest BCUT2D eigenvalue weighted by Gasteiger charge is 2.51. The van der Waals surface area contributed by atoms with Gasteiger partial charge in [0.25, 0.3) is 18.8 Å². The number of nitrogens with zero attached hydrogens (tertiary/aromatic N) is 3. The largest absolute Gasteiger partial charge is 0.361 e.